The summed E-state index contributed by atoms with van der Waals surface area (Å²) in [4.78, 5) is 9.03. The lowest BCUT2D eigenvalue weighted by Gasteiger charge is -2.20. The molecule has 0 aromatic carbocycles. The fourth-order valence-corrected chi connectivity index (χ4v) is 2.07. The Bertz CT molecular complexity index is 547. The van der Waals surface area contributed by atoms with Crippen LogP contribution in [-0.4, -0.2) is 9.97 Å². The Labute approximate surface area is 95.9 Å². The van der Waals surface area contributed by atoms with Crippen molar-refractivity contribution in [3.63, 3.8) is 0 Å². The van der Waals surface area contributed by atoms with Gasteiger partial charge in [0.05, 0.1) is 11.4 Å². The highest BCUT2D eigenvalue weighted by Crippen LogP contribution is 2.30. The van der Waals surface area contributed by atoms with E-state index < -0.39 is 0 Å². The van der Waals surface area contributed by atoms with Crippen molar-refractivity contribution in [2.45, 2.75) is 47.0 Å². The highest BCUT2D eigenvalue weighted by Gasteiger charge is 2.22. The average molecular weight is 218 g/mol. The maximum absolute atomic E-state index is 5.66. The number of rotatable bonds is 0. The molecule has 3 nitrogen and oxygen atoms in total. The smallest absolute Gasteiger partial charge is 0.192 e. The minimum Gasteiger partial charge on any atom is -0.441 e. The first-order valence-electron chi connectivity index (χ1n) is 5.55. The third-order valence-electron chi connectivity index (χ3n) is 2.76. The molecular formula is C13H18N2O. The minimum absolute atomic E-state index is 0.0315. The van der Waals surface area contributed by atoms with Gasteiger partial charge in [-0.05, 0) is 13.8 Å². The maximum Gasteiger partial charge on any atom is 0.192 e. The topological polar surface area (TPSA) is 38.9 Å². The van der Waals surface area contributed by atoms with Crippen LogP contribution in [0, 0.1) is 20.8 Å². The summed E-state index contributed by atoms with van der Waals surface area (Å²) in [6, 6.07) is 0. The van der Waals surface area contributed by atoms with Gasteiger partial charge in [-0.2, -0.15) is 0 Å². The Balaban J connectivity index is 2.85. The van der Waals surface area contributed by atoms with E-state index in [0.29, 0.717) is 5.89 Å². The number of aromatic nitrogens is 2. The molecule has 0 unspecified atom stereocenters. The fourth-order valence-electron chi connectivity index (χ4n) is 2.07. The summed E-state index contributed by atoms with van der Waals surface area (Å²) < 4.78 is 5.66. The molecule has 0 radical (unpaired) electrons. The Morgan fingerprint density at radius 1 is 1.00 bits per heavy atom. The van der Waals surface area contributed by atoms with Crippen LogP contribution in [0.2, 0.25) is 0 Å². The lowest BCUT2D eigenvalue weighted by molar-refractivity contribution is 0.543. The van der Waals surface area contributed by atoms with Gasteiger partial charge in [-0.3, -0.25) is 4.98 Å². The van der Waals surface area contributed by atoms with Crippen molar-refractivity contribution in [1.29, 1.82) is 0 Å². The number of hydrogen-bond acceptors (Lipinski definition) is 3. The molecule has 86 valence electrons. The summed E-state index contributed by atoms with van der Waals surface area (Å²) in [6.07, 6.45) is 0. The number of aryl methyl sites for hydroxylation is 3. The van der Waals surface area contributed by atoms with Gasteiger partial charge >= 0.3 is 0 Å². The van der Waals surface area contributed by atoms with Crippen LogP contribution < -0.4 is 0 Å². The van der Waals surface area contributed by atoms with Gasteiger partial charge in [0.25, 0.3) is 0 Å². The first kappa shape index (κ1) is 11.1. The predicted molar refractivity (Wildman–Crippen MR) is 64.7 cm³/mol. The molecule has 2 aromatic heterocycles. The van der Waals surface area contributed by atoms with E-state index in [4.69, 9.17) is 4.42 Å². The molecule has 0 amide bonds. The van der Waals surface area contributed by atoms with Crippen LogP contribution in [0.3, 0.4) is 0 Å². The van der Waals surface area contributed by atoms with Gasteiger partial charge in [0.15, 0.2) is 11.5 Å². The SMILES string of the molecule is Cc1nc2c(C)nc(C(C)(C)C)c(C)c2o1. The maximum atomic E-state index is 5.66. The second kappa shape index (κ2) is 3.30. The third kappa shape index (κ3) is 1.60. The molecular weight excluding hydrogens is 200 g/mol. The molecule has 3 heteroatoms. The summed E-state index contributed by atoms with van der Waals surface area (Å²) in [5.41, 5.74) is 4.95. The van der Waals surface area contributed by atoms with Gasteiger partial charge < -0.3 is 4.42 Å². The van der Waals surface area contributed by atoms with Crippen molar-refractivity contribution in [3.8, 4) is 0 Å². The molecule has 2 rings (SSSR count). The average Bonchev–Trinajstić information content (AvgIpc) is 2.52. The van der Waals surface area contributed by atoms with Crippen molar-refractivity contribution in [2.75, 3.05) is 0 Å². The second-order valence-electron chi connectivity index (χ2n) is 5.33. The minimum atomic E-state index is 0.0315. The normalized spacial score (nSPS) is 12.4. The number of hydrogen-bond donors (Lipinski definition) is 0. The van der Waals surface area contributed by atoms with Gasteiger partial charge in [0.1, 0.15) is 5.52 Å². The van der Waals surface area contributed by atoms with Crippen LogP contribution in [0.15, 0.2) is 4.42 Å². The Kier molecular flexibility index (Phi) is 2.30. The van der Waals surface area contributed by atoms with Gasteiger partial charge in [0.2, 0.25) is 0 Å². The van der Waals surface area contributed by atoms with Crippen molar-refractivity contribution in [1.82, 2.24) is 9.97 Å². The molecule has 2 heterocycles. The van der Waals surface area contributed by atoms with Crippen LogP contribution in [0.5, 0.6) is 0 Å². The predicted octanol–water partition coefficient (Wildman–Crippen LogP) is 3.45. The first-order chi connectivity index (χ1) is 7.30. The summed E-state index contributed by atoms with van der Waals surface area (Å²) >= 11 is 0. The van der Waals surface area contributed by atoms with Crippen molar-refractivity contribution < 1.29 is 4.42 Å². The lowest BCUT2D eigenvalue weighted by Crippen LogP contribution is -2.16. The Hall–Kier alpha value is -1.38. The number of fused-ring (bicyclic) bond motifs is 1. The van der Waals surface area contributed by atoms with Crippen LogP contribution >= 0.6 is 0 Å². The molecule has 0 aliphatic carbocycles. The third-order valence-corrected chi connectivity index (χ3v) is 2.76. The zero-order valence-electron chi connectivity index (χ0n) is 10.8. The first-order valence-corrected chi connectivity index (χ1v) is 5.55. The van der Waals surface area contributed by atoms with Crippen molar-refractivity contribution in [2.24, 2.45) is 0 Å². The van der Waals surface area contributed by atoms with Crippen molar-refractivity contribution >= 4 is 11.1 Å². The molecule has 0 saturated heterocycles. The molecule has 2 aromatic rings. The molecule has 0 aliphatic rings. The zero-order chi connectivity index (χ0) is 12.1. The van der Waals surface area contributed by atoms with E-state index in [1.54, 1.807) is 0 Å². The molecule has 0 saturated carbocycles. The van der Waals surface area contributed by atoms with Crippen molar-refractivity contribution in [3.05, 3.63) is 22.8 Å². The van der Waals surface area contributed by atoms with Crippen LogP contribution in [-0.2, 0) is 5.41 Å². The monoisotopic (exact) mass is 218 g/mol. The molecule has 0 N–H and O–H groups in total. The van der Waals surface area contributed by atoms with E-state index in [0.717, 1.165) is 28.1 Å². The quantitative estimate of drug-likeness (QED) is 0.680. The number of oxazole rings is 1. The van der Waals surface area contributed by atoms with E-state index in [1.807, 2.05) is 13.8 Å². The fraction of sp³-hybridized carbons (Fsp3) is 0.538. The molecule has 0 bridgehead atoms. The van der Waals surface area contributed by atoms with Crippen LogP contribution in [0.4, 0.5) is 0 Å². The summed E-state index contributed by atoms with van der Waals surface area (Å²) in [7, 11) is 0. The Morgan fingerprint density at radius 3 is 2.19 bits per heavy atom. The van der Waals surface area contributed by atoms with Crippen LogP contribution in [0.1, 0.15) is 43.6 Å². The second-order valence-corrected chi connectivity index (χ2v) is 5.33. The molecule has 0 spiro atoms. The van der Waals surface area contributed by atoms with Gasteiger partial charge in [-0.1, -0.05) is 20.8 Å². The standard InChI is InChI=1S/C13H18N2O/c1-7-11-10(15-9(3)16-11)8(2)14-12(7)13(4,5)6/h1-6H3. The molecule has 0 aliphatic heterocycles. The largest absolute Gasteiger partial charge is 0.441 e. The lowest BCUT2D eigenvalue weighted by atomic mass is 9.88. The molecule has 0 fully saturated rings. The van der Waals surface area contributed by atoms with E-state index in [-0.39, 0.29) is 5.41 Å². The Morgan fingerprint density at radius 2 is 1.62 bits per heavy atom. The van der Waals surface area contributed by atoms with E-state index >= 15 is 0 Å². The van der Waals surface area contributed by atoms with E-state index in [1.165, 1.54) is 0 Å². The number of pyridine rings is 1. The zero-order valence-corrected chi connectivity index (χ0v) is 10.8. The highest BCUT2D eigenvalue weighted by atomic mass is 16.3. The summed E-state index contributed by atoms with van der Waals surface area (Å²) in [5.74, 6) is 0.703. The van der Waals surface area contributed by atoms with E-state index in [2.05, 4.69) is 37.7 Å². The van der Waals surface area contributed by atoms with E-state index in [9.17, 15) is 0 Å². The number of nitrogens with zero attached hydrogens (tertiary/aromatic N) is 2. The summed E-state index contributed by atoms with van der Waals surface area (Å²) in [5, 5.41) is 0. The highest BCUT2D eigenvalue weighted by molar-refractivity contribution is 5.79. The molecule has 16 heavy (non-hydrogen) atoms. The molecule has 0 atom stereocenters. The van der Waals surface area contributed by atoms with Gasteiger partial charge in [-0.25, -0.2) is 4.98 Å². The van der Waals surface area contributed by atoms with Gasteiger partial charge in [0, 0.05) is 17.9 Å². The van der Waals surface area contributed by atoms with Crippen LogP contribution in [0.25, 0.3) is 11.1 Å². The van der Waals surface area contributed by atoms with Gasteiger partial charge in [-0.15, -0.1) is 0 Å². The summed E-state index contributed by atoms with van der Waals surface area (Å²) in [6.45, 7) is 12.4.